The maximum absolute atomic E-state index is 14.4. The summed E-state index contributed by atoms with van der Waals surface area (Å²) in [5.41, 5.74) is -1.47. The van der Waals surface area contributed by atoms with Crippen molar-refractivity contribution in [1.82, 2.24) is 15.0 Å². The van der Waals surface area contributed by atoms with E-state index in [0.29, 0.717) is 11.0 Å². The molecule has 1 aliphatic heterocycles. The Morgan fingerprint density at radius 1 is 1.20 bits per heavy atom. The number of nitrogens with one attached hydrogen (secondary N) is 1. The van der Waals surface area contributed by atoms with Crippen LogP contribution in [-0.2, 0) is 4.74 Å². The van der Waals surface area contributed by atoms with Crippen LogP contribution in [0.3, 0.4) is 0 Å². The molecule has 1 aliphatic rings. The van der Waals surface area contributed by atoms with Gasteiger partial charge in [0.1, 0.15) is 11.9 Å². The number of alkyl halides is 3. The van der Waals surface area contributed by atoms with E-state index in [9.17, 15) is 22.0 Å². The van der Waals surface area contributed by atoms with Crippen molar-refractivity contribution in [3.8, 4) is 5.75 Å². The first-order valence-corrected chi connectivity index (χ1v) is 9.14. The molecule has 0 aliphatic carbocycles. The second-order valence-corrected chi connectivity index (χ2v) is 7.46. The lowest BCUT2D eigenvalue weighted by molar-refractivity contribution is -0.275. The summed E-state index contributed by atoms with van der Waals surface area (Å²) in [6.45, 7) is 2.31. The number of methoxy groups -OCH3 is 1. The van der Waals surface area contributed by atoms with E-state index in [1.165, 1.54) is 25.4 Å². The zero-order valence-corrected chi connectivity index (χ0v) is 16.2. The van der Waals surface area contributed by atoms with E-state index in [4.69, 9.17) is 9.47 Å². The minimum absolute atomic E-state index is 0.0699. The molecule has 1 fully saturated rings. The highest BCUT2D eigenvalue weighted by Crippen LogP contribution is 2.59. The largest absolute Gasteiger partial charge is 0.493 e. The van der Waals surface area contributed by atoms with Crippen molar-refractivity contribution in [1.29, 1.82) is 0 Å². The normalized spacial score (nSPS) is 27.0. The molecule has 3 aromatic rings. The van der Waals surface area contributed by atoms with Gasteiger partial charge in [-0.05, 0) is 19.1 Å². The highest BCUT2D eigenvalue weighted by atomic mass is 19.4. The molecule has 0 spiro atoms. The van der Waals surface area contributed by atoms with Crippen LogP contribution >= 0.6 is 0 Å². The number of aromatic nitrogens is 3. The van der Waals surface area contributed by atoms with Crippen LogP contribution in [0.5, 0.6) is 5.75 Å². The number of benzene rings is 1. The number of imidazole rings is 1. The number of aromatic amines is 1. The number of rotatable bonds is 3. The average Bonchev–Trinajstić information content (AvgIpc) is 3.23. The first kappa shape index (κ1) is 20.5. The summed E-state index contributed by atoms with van der Waals surface area (Å²) >= 11 is 0. The van der Waals surface area contributed by atoms with Gasteiger partial charge in [0, 0.05) is 23.6 Å². The Morgan fingerprint density at radius 3 is 2.57 bits per heavy atom. The summed E-state index contributed by atoms with van der Waals surface area (Å²) in [6.07, 6.45) is -2.93. The third-order valence-electron chi connectivity index (χ3n) is 5.88. The van der Waals surface area contributed by atoms with Crippen molar-refractivity contribution in [2.45, 2.75) is 37.6 Å². The third-order valence-corrected chi connectivity index (χ3v) is 5.88. The number of nitrogens with zero attached hydrogens (tertiary/aromatic N) is 2. The zero-order valence-electron chi connectivity index (χ0n) is 16.2. The van der Waals surface area contributed by atoms with Crippen LogP contribution in [0.25, 0.3) is 11.0 Å². The SMILES string of the molecule is COc1c([C@H]2[C@H](c3nc4ccncc4[nH]3)O[C@@](C)(C(F)(F)F)[C@H]2C)ccc(F)c1F. The van der Waals surface area contributed by atoms with Crippen molar-refractivity contribution in [2.75, 3.05) is 7.11 Å². The maximum atomic E-state index is 14.4. The van der Waals surface area contributed by atoms with Crippen molar-refractivity contribution >= 4 is 11.0 Å². The van der Waals surface area contributed by atoms with Gasteiger partial charge in [-0.1, -0.05) is 13.0 Å². The minimum atomic E-state index is -4.71. The number of pyridine rings is 1. The molecule has 30 heavy (non-hydrogen) atoms. The van der Waals surface area contributed by atoms with Crippen molar-refractivity contribution in [2.24, 2.45) is 5.92 Å². The Bertz CT molecular complexity index is 1070. The number of hydrogen-bond acceptors (Lipinski definition) is 4. The summed E-state index contributed by atoms with van der Waals surface area (Å²) in [4.78, 5) is 11.2. The van der Waals surface area contributed by atoms with Gasteiger partial charge in [0.2, 0.25) is 5.82 Å². The molecule has 2 aromatic heterocycles. The molecule has 160 valence electrons. The van der Waals surface area contributed by atoms with E-state index >= 15 is 0 Å². The average molecular weight is 427 g/mol. The molecular weight excluding hydrogens is 409 g/mol. The van der Waals surface area contributed by atoms with Crippen LogP contribution in [0.1, 0.15) is 37.3 Å². The van der Waals surface area contributed by atoms with E-state index < -0.39 is 47.1 Å². The smallest absolute Gasteiger partial charge is 0.417 e. The molecule has 4 rings (SSSR count). The third kappa shape index (κ3) is 2.92. The van der Waals surface area contributed by atoms with E-state index in [-0.39, 0.29) is 11.4 Å². The van der Waals surface area contributed by atoms with Gasteiger partial charge in [0.25, 0.3) is 0 Å². The fraction of sp³-hybridized carbons (Fsp3) is 0.400. The molecule has 4 atom stereocenters. The lowest BCUT2D eigenvalue weighted by Gasteiger charge is -2.32. The first-order valence-electron chi connectivity index (χ1n) is 9.14. The Hall–Kier alpha value is -2.75. The fourth-order valence-corrected chi connectivity index (χ4v) is 4.06. The van der Waals surface area contributed by atoms with Gasteiger partial charge in [-0.15, -0.1) is 0 Å². The van der Waals surface area contributed by atoms with Crippen LogP contribution in [0, 0.1) is 17.6 Å². The predicted octanol–water partition coefficient (Wildman–Crippen LogP) is 5.06. The molecule has 10 heteroatoms. The molecule has 0 radical (unpaired) electrons. The number of ether oxygens (including phenoxy) is 2. The second-order valence-electron chi connectivity index (χ2n) is 7.46. The summed E-state index contributed by atoms with van der Waals surface area (Å²) in [6, 6.07) is 3.69. The Morgan fingerprint density at radius 2 is 1.93 bits per heavy atom. The molecule has 1 aromatic carbocycles. The highest BCUT2D eigenvalue weighted by molar-refractivity contribution is 5.73. The summed E-state index contributed by atoms with van der Waals surface area (Å²) < 4.78 is 80.6. The van der Waals surface area contributed by atoms with Gasteiger partial charge in [0.05, 0.1) is 24.3 Å². The molecule has 1 N–H and O–H groups in total. The maximum Gasteiger partial charge on any atom is 0.417 e. The van der Waals surface area contributed by atoms with Gasteiger partial charge in [-0.3, -0.25) is 4.98 Å². The van der Waals surface area contributed by atoms with Crippen LogP contribution in [-0.4, -0.2) is 33.8 Å². The van der Waals surface area contributed by atoms with Gasteiger partial charge in [-0.25, -0.2) is 9.37 Å². The molecule has 0 bridgehead atoms. The monoisotopic (exact) mass is 427 g/mol. The molecule has 3 heterocycles. The van der Waals surface area contributed by atoms with Crippen LogP contribution in [0.4, 0.5) is 22.0 Å². The van der Waals surface area contributed by atoms with Gasteiger partial charge in [0.15, 0.2) is 17.2 Å². The molecule has 0 amide bonds. The van der Waals surface area contributed by atoms with Crippen LogP contribution in [0.2, 0.25) is 0 Å². The number of H-pyrrole nitrogens is 1. The number of fused-ring (bicyclic) bond motifs is 1. The number of hydrogen-bond donors (Lipinski definition) is 1. The zero-order chi connectivity index (χ0) is 21.8. The van der Waals surface area contributed by atoms with Crippen molar-refractivity contribution in [3.63, 3.8) is 0 Å². The van der Waals surface area contributed by atoms with E-state index in [0.717, 1.165) is 20.1 Å². The van der Waals surface area contributed by atoms with Gasteiger partial charge in [-0.2, -0.15) is 17.6 Å². The quantitative estimate of drug-likeness (QED) is 0.594. The van der Waals surface area contributed by atoms with E-state index in [2.05, 4.69) is 15.0 Å². The topological polar surface area (TPSA) is 60.0 Å². The summed E-state index contributed by atoms with van der Waals surface area (Å²) in [5.74, 6) is -4.93. The Kier molecular flexibility index (Phi) is 4.72. The summed E-state index contributed by atoms with van der Waals surface area (Å²) in [7, 11) is 1.13. The second kappa shape index (κ2) is 6.90. The van der Waals surface area contributed by atoms with Crippen molar-refractivity contribution < 1.29 is 31.4 Å². The van der Waals surface area contributed by atoms with Crippen molar-refractivity contribution in [3.05, 3.63) is 53.6 Å². The molecular formula is C20H18F5N3O2. The molecule has 5 nitrogen and oxygen atoms in total. The Balaban J connectivity index is 1.91. The standard InChI is InChI=1S/C20H18F5N3O2/c1-9-14(10-4-5-11(21)15(22)16(10)29-3)17(30-19(9,2)20(23,24)25)18-27-12-6-7-26-8-13(12)28-18/h4-9,14,17H,1-3H3,(H,27,28)/t9-,14-,17+,19+/m0/s1. The van der Waals surface area contributed by atoms with E-state index in [1.807, 2.05) is 0 Å². The van der Waals surface area contributed by atoms with Crippen LogP contribution < -0.4 is 4.74 Å². The van der Waals surface area contributed by atoms with Crippen LogP contribution in [0.15, 0.2) is 30.6 Å². The first-order chi connectivity index (χ1) is 14.1. The fourth-order valence-electron chi connectivity index (χ4n) is 4.06. The highest BCUT2D eigenvalue weighted by Gasteiger charge is 2.65. The molecule has 0 saturated carbocycles. The van der Waals surface area contributed by atoms with Gasteiger partial charge >= 0.3 is 6.18 Å². The number of halogens is 5. The molecule has 1 saturated heterocycles. The Labute approximate surface area is 168 Å². The molecule has 0 unspecified atom stereocenters. The summed E-state index contributed by atoms with van der Waals surface area (Å²) in [5, 5.41) is 0. The predicted molar refractivity (Wildman–Crippen MR) is 97.0 cm³/mol. The van der Waals surface area contributed by atoms with Gasteiger partial charge < -0.3 is 14.5 Å². The van der Waals surface area contributed by atoms with E-state index in [1.54, 1.807) is 6.07 Å². The lowest BCUT2D eigenvalue weighted by atomic mass is 9.77. The lowest BCUT2D eigenvalue weighted by Crippen LogP contribution is -2.46. The minimum Gasteiger partial charge on any atom is -0.493 e.